The lowest BCUT2D eigenvalue weighted by Crippen LogP contribution is -2.33. The van der Waals surface area contributed by atoms with Crippen LogP contribution in [0.3, 0.4) is 0 Å². The zero-order chi connectivity index (χ0) is 23.5. The number of pyridine rings is 1. The molecule has 2 aromatic carbocycles. The summed E-state index contributed by atoms with van der Waals surface area (Å²) in [6.45, 7) is 1.60. The topological polar surface area (TPSA) is 71.3 Å². The molecule has 5 rings (SSSR count). The third kappa shape index (κ3) is 4.66. The predicted octanol–water partition coefficient (Wildman–Crippen LogP) is 5.65. The van der Waals surface area contributed by atoms with Gasteiger partial charge in [0.2, 0.25) is 11.6 Å². The van der Waals surface area contributed by atoms with Gasteiger partial charge in [0.1, 0.15) is 11.6 Å². The van der Waals surface area contributed by atoms with Crippen LogP contribution in [0, 0.1) is 11.8 Å². The molecule has 1 aliphatic heterocycles. The summed E-state index contributed by atoms with van der Waals surface area (Å²) in [7, 11) is 0. The van der Waals surface area contributed by atoms with Crippen LogP contribution in [0.2, 0.25) is 0 Å². The first-order valence-corrected chi connectivity index (χ1v) is 11.1. The minimum Gasteiger partial charge on any atom is -0.410 e. The number of carbonyl (C=O) groups excluding carboxylic acids is 1. The van der Waals surface area contributed by atoms with E-state index >= 15 is 0 Å². The van der Waals surface area contributed by atoms with Crippen LogP contribution in [0.1, 0.15) is 34.8 Å². The number of hydrogen-bond acceptors (Lipinski definition) is 5. The minimum atomic E-state index is -1.04. The van der Waals surface area contributed by atoms with Crippen LogP contribution in [-0.2, 0) is 0 Å². The lowest BCUT2D eigenvalue weighted by atomic mass is 9.89. The monoisotopic (exact) mass is 460 g/mol. The Morgan fingerprint density at radius 1 is 1.00 bits per heavy atom. The molecular formula is C26H22F2N4O2. The molecule has 172 valence electrons. The summed E-state index contributed by atoms with van der Waals surface area (Å²) in [5, 5.41) is 2.61. The van der Waals surface area contributed by atoms with Gasteiger partial charge in [-0.1, -0.05) is 30.3 Å². The van der Waals surface area contributed by atoms with E-state index in [1.54, 1.807) is 42.5 Å². The highest BCUT2D eigenvalue weighted by molar-refractivity contribution is 6.03. The van der Waals surface area contributed by atoms with Crippen molar-refractivity contribution < 1.29 is 18.0 Å². The second kappa shape index (κ2) is 9.43. The maximum atomic E-state index is 14.2. The van der Waals surface area contributed by atoms with Crippen LogP contribution in [-0.4, -0.2) is 29.0 Å². The molecule has 1 saturated heterocycles. The van der Waals surface area contributed by atoms with Gasteiger partial charge in [-0.15, -0.1) is 0 Å². The van der Waals surface area contributed by atoms with Crippen molar-refractivity contribution in [3.05, 3.63) is 96.0 Å². The van der Waals surface area contributed by atoms with E-state index in [0.717, 1.165) is 37.3 Å². The van der Waals surface area contributed by atoms with E-state index < -0.39 is 17.6 Å². The summed E-state index contributed by atoms with van der Waals surface area (Å²) in [4.78, 5) is 23.1. The number of nitrogens with one attached hydrogen (secondary N) is 1. The molecule has 0 unspecified atom stereocenters. The average molecular weight is 460 g/mol. The number of anilines is 2. The first kappa shape index (κ1) is 21.8. The van der Waals surface area contributed by atoms with E-state index in [0.29, 0.717) is 17.2 Å². The maximum absolute atomic E-state index is 14.2. The lowest BCUT2D eigenvalue weighted by molar-refractivity contribution is 0.101. The molecule has 0 atom stereocenters. The molecule has 0 aliphatic carbocycles. The second-order valence-electron chi connectivity index (χ2n) is 8.18. The van der Waals surface area contributed by atoms with Gasteiger partial charge in [0.05, 0.1) is 11.9 Å². The summed E-state index contributed by atoms with van der Waals surface area (Å²) < 4.78 is 32.7. The van der Waals surface area contributed by atoms with Crippen molar-refractivity contribution in [2.24, 2.45) is 0 Å². The largest absolute Gasteiger partial charge is 0.410 e. The fourth-order valence-corrected chi connectivity index (χ4v) is 4.19. The van der Waals surface area contributed by atoms with Gasteiger partial charge in [-0.05, 0) is 60.7 Å². The van der Waals surface area contributed by atoms with Crippen molar-refractivity contribution in [2.75, 3.05) is 23.3 Å². The van der Waals surface area contributed by atoms with Crippen molar-refractivity contribution in [1.82, 2.24) is 9.97 Å². The maximum Gasteiger partial charge on any atom is 0.311 e. The molecule has 4 aromatic rings. The van der Waals surface area contributed by atoms with Crippen LogP contribution in [0.25, 0.3) is 11.5 Å². The van der Waals surface area contributed by atoms with Crippen LogP contribution >= 0.6 is 0 Å². The molecule has 6 nitrogen and oxygen atoms in total. The van der Waals surface area contributed by atoms with Crippen LogP contribution in [0.5, 0.6) is 0 Å². The number of piperidine rings is 1. The van der Waals surface area contributed by atoms with E-state index in [2.05, 4.69) is 20.2 Å². The van der Waals surface area contributed by atoms with Gasteiger partial charge in [-0.3, -0.25) is 4.79 Å². The Morgan fingerprint density at radius 2 is 1.79 bits per heavy atom. The van der Waals surface area contributed by atoms with Gasteiger partial charge in [0.15, 0.2) is 0 Å². The molecule has 0 spiro atoms. The van der Waals surface area contributed by atoms with E-state index in [9.17, 15) is 13.6 Å². The quantitative estimate of drug-likeness (QED) is 0.417. The third-order valence-corrected chi connectivity index (χ3v) is 5.97. The first-order chi connectivity index (χ1) is 16.6. The highest BCUT2D eigenvalue weighted by Gasteiger charge is 2.23. The Bertz CT molecular complexity index is 1280. The first-order valence-electron chi connectivity index (χ1n) is 11.1. The van der Waals surface area contributed by atoms with Crippen molar-refractivity contribution in [1.29, 1.82) is 0 Å². The summed E-state index contributed by atoms with van der Waals surface area (Å²) in [6.07, 6.45) is 3.33. The number of amides is 1. The van der Waals surface area contributed by atoms with Crippen molar-refractivity contribution in [2.45, 2.75) is 18.8 Å². The zero-order valence-corrected chi connectivity index (χ0v) is 18.2. The number of halogens is 2. The molecular weight excluding hydrogens is 438 g/mol. The van der Waals surface area contributed by atoms with Crippen molar-refractivity contribution in [3.8, 4) is 11.5 Å². The number of rotatable bonds is 5. The van der Waals surface area contributed by atoms with Crippen LogP contribution < -0.4 is 10.2 Å². The molecule has 1 N–H and O–H groups in total. The smallest absolute Gasteiger partial charge is 0.311 e. The highest BCUT2D eigenvalue weighted by Crippen LogP contribution is 2.30. The van der Waals surface area contributed by atoms with E-state index in [1.807, 2.05) is 18.2 Å². The molecule has 1 fully saturated rings. The van der Waals surface area contributed by atoms with E-state index in [-0.39, 0.29) is 11.7 Å². The Labute approximate surface area is 195 Å². The normalized spacial score (nSPS) is 14.2. The van der Waals surface area contributed by atoms with Gasteiger partial charge in [-0.2, -0.15) is 4.39 Å². The van der Waals surface area contributed by atoms with Crippen molar-refractivity contribution in [3.63, 3.8) is 0 Å². The fraction of sp³-hybridized carbons (Fsp3) is 0.192. The number of hydrogen-bond donors (Lipinski definition) is 1. The molecule has 3 heterocycles. The number of oxazole rings is 1. The summed E-state index contributed by atoms with van der Waals surface area (Å²) in [5.74, 6) is 0.228. The van der Waals surface area contributed by atoms with Gasteiger partial charge >= 0.3 is 6.01 Å². The van der Waals surface area contributed by atoms with Gasteiger partial charge < -0.3 is 14.6 Å². The molecule has 0 bridgehead atoms. The Morgan fingerprint density at radius 3 is 2.50 bits per heavy atom. The van der Waals surface area contributed by atoms with E-state index in [1.165, 1.54) is 12.3 Å². The van der Waals surface area contributed by atoms with Gasteiger partial charge in [-0.25, -0.2) is 14.4 Å². The Hall–Kier alpha value is -4.07. The van der Waals surface area contributed by atoms with Crippen molar-refractivity contribution >= 4 is 17.4 Å². The SMILES string of the molecule is O=C(Nc1ccc(N2CCC(c3cccc(F)c3)CC2)nc1)c1nc(-c2ccccc2)oc1F. The van der Waals surface area contributed by atoms with Gasteiger partial charge in [0.25, 0.3) is 5.91 Å². The molecule has 2 aromatic heterocycles. The average Bonchev–Trinajstić information content (AvgIpc) is 3.27. The Kier molecular flexibility index (Phi) is 6.03. The second-order valence-corrected chi connectivity index (χ2v) is 8.18. The predicted molar refractivity (Wildman–Crippen MR) is 125 cm³/mol. The molecule has 1 amide bonds. The summed E-state index contributed by atoms with van der Waals surface area (Å²) >= 11 is 0. The molecule has 0 radical (unpaired) electrons. The van der Waals surface area contributed by atoms with E-state index in [4.69, 9.17) is 4.42 Å². The molecule has 8 heteroatoms. The highest BCUT2D eigenvalue weighted by atomic mass is 19.1. The lowest BCUT2D eigenvalue weighted by Gasteiger charge is -2.33. The molecule has 34 heavy (non-hydrogen) atoms. The Balaban J connectivity index is 1.21. The standard InChI is InChI=1S/C26H22F2N4O2/c27-20-8-4-7-19(15-20)17-11-13-32(14-12-17)22-10-9-21(16-29-22)30-25(33)23-24(28)34-26(31-23)18-5-2-1-3-6-18/h1-10,15-17H,11-14H2,(H,30,33). The number of carbonyl (C=O) groups is 1. The fourth-order valence-electron chi connectivity index (χ4n) is 4.19. The van der Waals surface area contributed by atoms with Crippen LogP contribution in [0.4, 0.5) is 20.3 Å². The van der Waals surface area contributed by atoms with Crippen LogP contribution in [0.15, 0.2) is 77.3 Å². The number of aromatic nitrogens is 2. The minimum absolute atomic E-state index is 0.0402. The van der Waals surface area contributed by atoms with Gasteiger partial charge in [0, 0.05) is 18.7 Å². The third-order valence-electron chi connectivity index (χ3n) is 5.97. The zero-order valence-electron chi connectivity index (χ0n) is 18.2. The number of benzene rings is 2. The molecule has 1 aliphatic rings. The number of nitrogens with zero attached hydrogens (tertiary/aromatic N) is 3. The molecule has 0 saturated carbocycles. The summed E-state index contributed by atoms with van der Waals surface area (Å²) in [6, 6.07) is 18.1. The summed E-state index contributed by atoms with van der Waals surface area (Å²) in [5.41, 5.74) is 1.61.